The van der Waals surface area contributed by atoms with Crippen LogP contribution >= 0.6 is 11.6 Å². The number of carbonyl (C=O) groups is 1. The zero-order chi connectivity index (χ0) is 16.7. The van der Waals surface area contributed by atoms with Crippen LogP contribution in [0.1, 0.15) is 23.1 Å². The molecule has 0 atom stereocenters. The molecule has 0 aliphatic rings. The van der Waals surface area contributed by atoms with E-state index in [9.17, 15) is 4.79 Å². The van der Waals surface area contributed by atoms with Crippen LogP contribution in [0, 0.1) is 13.8 Å². The van der Waals surface area contributed by atoms with E-state index in [4.69, 9.17) is 16.3 Å². The summed E-state index contributed by atoms with van der Waals surface area (Å²) < 4.78 is 5.71. The monoisotopic (exact) mass is 331 g/mol. The van der Waals surface area contributed by atoms with E-state index in [1.54, 1.807) is 0 Å². The van der Waals surface area contributed by atoms with Gasteiger partial charge in [-0.05, 0) is 49.1 Å². The van der Waals surface area contributed by atoms with Crippen molar-refractivity contribution in [2.45, 2.75) is 26.7 Å². The van der Waals surface area contributed by atoms with Gasteiger partial charge in [0.05, 0.1) is 6.54 Å². The van der Waals surface area contributed by atoms with E-state index in [-0.39, 0.29) is 5.91 Å². The first kappa shape index (κ1) is 17.4. The molecule has 1 amide bonds. The standard InChI is InChI=1S/C19H22ClNO2/c1-14-6-5-9-18(15(14)2)23-13-12-21-19(22)11-10-16-7-3-4-8-17(16)20/h3-9H,10-13H2,1-2H3,(H,21,22). The zero-order valence-corrected chi connectivity index (χ0v) is 14.3. The highest BCUT2D eigenvalue weighted by atomic mass is 35.5. The zero-order valence-electron chi connectivity index (χ0n) is 13.6. The summed E-state index contributed by atoms with van der Waals surface area (Å²) in [5.74, 6) is 0.879. The van der Waals surface area contributed by atoms with Gasteiger partial charge in [0.15, 0.2) is 0 Å². The molecule has 0 bridgehead atoms. The summed E-state index contributed by atoms with van der Waals surface area (Å²) in [7, 11) is 0. The van der Waals surface area contributed by atoms with E-state index in [0.717, 1.165) is 16.9 Å². The van der Waals surface area contributed by atoms with Crippen molar-refractivity contribution in [3.63, 3.8) is 0 Å². The number of rotatable bonds is 7. The van der Waals surface area contributed by atoms with Gasteiger partial charge in [0, 0.05) is 11.4 Å². The number of benzene rings is 2. The Labute approximate surface area is 142 Å². The lowest BCUT2D eigenvalue weighted by Crippen LogP contribution is -2.28. The van der Waals surface area contributed by atoms with Crippen LogP contribution < -0.4 is 10.1 Å². The predicted octanol–water partition coefficient (Wildman–Crippen LogP) is 4.08. The smallest absolute Gasteiger partial charge is 0.220 e. The predicted molar refractivity (Wildman–Crippen MR) is 94.2 cm³/mol. The van der Waals surface area contributed by atoms with Crippen LogP contribution in [-0.4, -0.2) is 19.1 Å². The molecule has 0 aliphatic heterocycles. The van der Waals surface area contributed by atoms with E-state index in [1.807, 2.05) is 43.3 Å². The Morgan fingerprint density at radius 1 is 1.13 bits per heavy atom. The Hall–Kier alpha value is -2.00. The van der Waals surface area contributed by atoms with Gasteiger partial charge in [0.2, 0.25) is 5.91 Å². The third-order valence-electron chi connectivity index (χ3n) is 3.82. The van der Waals surface area contributed by atoms with Gasteiger partial charge in [0.25, 0.3) is 0 Å². The van der Waals surface area contributed by atoms with Crippen LogP contribution in [0.3, 0.4) is 0 Å². The molecule has 0 heterocycles. The Kier molecular flexibility index (Phi) is 6.48. The van der Waals surface area contributed by atoms with Crippen molar-refractivity contribution in [1.29, 1.82) is 0 Å². The highest BCUT2D eigenvalue weighted by Crippen LogP contribution is 2.20. The van der Waals surface area contributed by atoms with Gasteiger partial charge >= 0.3 is 0 Å². The fraction of sp³-hybridized carbons (Fsp3) is 0.316. The number of aryl methyl sites for hydroxylation is 2. The van der Waals surface area contributed by atoms with Crippen molar-refractivity contribution in [3.8, 4) is 5.75 Å². The van der Waals surface area contributed by atoms with Crippen LogP contribution in [0.25, 0.3) is 0 Å². The molecule has 0 fully saturated rings. The normalized spacial score (nSPS) is 10.4. The maximum atomic E-state index is 11.9. The Balaban J connectivity index is 1.69. The molecule has 1 N–H and O–H groups in total. The second-order valence-electron chi connectivity index (χ2n) is 5.49. The summed E-state index contributed by atoms with van der Waals surface area (Å²) in [5.41, 5.74) is 3.33. The Morgan fingerprint density at radius 2 is 1.91 bits per heavy atom. The number of hydrogen-bond donors (Lipinski definition) is 1. The molecule has 3 nitrogen and oxygen atoms in total. The van der Waals surface area contributed by atoms with Crippen molar-refractivity contribution in [2.24, 2.45) is 0 Å². The second-order valence-corrected chi connectivity index (χ2v) is 5.90. The lowest BCUT2D eigenvalue weighted by molar-refractivity contribution is -0.121. The fourth-order valence-electron chi connectivity index (χ4n) is 2.27. The van der Waals surface area contributed by atoms with Gasteiger partial charge < -0.3 is 10.1 Å². The molecule has 0 spiro atoms. The summed E-state index contributed by atoms with van der Waals surface area (Å²) in [5, 5.41) is 3.58. The largest absolute Gasteiger partial charge is 0.491 e. The van der Waals surface area contributed by atoms with Crippen LogP contribution in [0.2, 0.25) is 5.02 Å². The number of nitrogens with one attached hydrogen (secondary N) is 1. The average Bonchev–Trinajstić information content (AvgIpc) is 2.54. The molecule has 0 saturated carbocycles. The van der Waals surface area contributed by atoms with Crippen molar-refractivity contribution >= 4 is 17.5 Å². The lowest BCUT2D eigenvalue weighted by atomic mass is 10.1. The molecule has 0 saturated heterocycles. The van der Waals surface area contributed by atoms with Gasteiger partial charge in [0.1, 0.15) is 12.4 Å². The Bertz CT molecular complexity index is 670. The minimum absolute atomic E-state index is 0.00878. The minimum atomic E-state index is 0.00878. The highest BCUT2D eigenvalue weighted by molar-refractivity contribution is 6.31. The van der Waals surface area contributed by atoms with E-state index in [1.165, 1.54) is 5.56 Å². The quantitative estimate of drug-likeness (QED) is 0.776. The minimum Gasteiger partial charge on any atom is -0.491 e. The van der Waals surface area contributed by atoms with Gasteiger partial charge in [-0.2, -0.15) is 0 Å². The fourth-order valence-corrected chi connectivity index (χ4v) is 2.50. The molecule has 0 radical (unpaired) electrons. The van der Waals surface area contributed by atoms with Gasteiger partial charge in [-0.25, -0.2) is 0 Å². The lowest BCUT2D eigenvalue weighted by Gasteiger charge is -2.11. The molecular formula is C19H22ClNO2. The highest BCUT2D eigenvalue weighted by Gasteiger charge is 2.05. The average molecular weight is 332 g/mol. The molecule has 0 unspecified atom stereocenters. The molecule has 23 heavy (non-hydrogen) atoms. The van der Waals surface area contributed by atoms with Crippen LogP contribution in [0.5, 0.6) is 5.75 Å². The van der Waals surface area contributed by atoms with E-state index in [2.05, 4.69) is 18.3 Å². The number of hydrogen-bond acceptors (Lipinski definition) is 2. The van der Waals surface area contributed by atoms with Crippen molar-refractivity contribution in [2.75, 3.05) is 13.2 Å². The number of ether oxygens (including phenoxy) is 1. The third kappa shape index (κ3) is 5.29. The van der Waals surface area contributed by atoms with Gasteiger partial charge in [-0.3, -0.25) is 4.79 Å². The van der Waals surface area contributed by atoms with Crippen LogP contribution in [0.4, 0.5) is 0 Å². The molecule has 4 heteroatoms. The maximum absolute atomic E-state index is 11.9. The molecule has 2 aromatic carbocycles. The van der Waals surface area contributed by atoms with Crippen LogP contribution in [-0.2, 0) is 11.2 Å². The van der Waals surface area contributed by atoms with E-state index in [0.29, 0.717) is 31.0 Å². The summed E-state index contributed by atoms with van der Waals surface area (Å²) in [6.45, 7) is 5.04. The summed E-state index contributed by atoms with van der Waals surface area (Å²) >= 11 is 6.08. The summed E-state index contributed by atoms with van der Waals surface area (Å²) in [6, 6.07) is 13.6. The maximum Gasteiger partial charge on any atom is 0.220 e. The van der Waals surface area contributed by atoms with Crippen molar-refractivity contribution < 1.29 is 9.53 Å². The first-order valence-electron chi connectivity index (χ1n) is 7.77. The number of halogens is 1. The van der Waals surface area contributed by atoms with Crippen LogP contribution in [0.15, 0.2) is 42.5 Å². The van der Waals surface area contributed by atoms with E-state index < -0.39 is 0 Å². The van der Waals surface area contributed by atoms with Gasteiger partial charge in [-0.1, -0.05) is 41.9 Å². The molecule has 2 rings (SSSR count). The summed E-state index contributed by atoms with van der Waals surface area (Å²) in [4.78, 5) is 11.9. The molecule has 122 valence electrons. The first-order valence-corrected chi connectivity index (χ1v) is 8.15. The molecule has 2 aromatic rings. The molecular weight excluding hydrogens is 310 g/mol. The molecule has 0 aromatic heterocycles. The topological polar surface area (TPSA) is 38.3 Å². The van der Waals surface area contributed by atoms with Crippen molar-refractivity contribution in [1.82, 2.24) is 5.32 Å². The van der Waals surface area contributed by atoms with Crippen molar-refractivity contribution in [3.05, 3.63) is 64.2 Å². The first-order chi connectivity index (χ1) is 11.1. The van der Waals surface area contributed by atoms with Gasteiger partial charge in [-0.15, -0.1) is 0 Å². The summed E-state index contributed by atoms with van der Waals surface area (Å²) in [6.07, 6.45) is 1.07. The molecule has 0 aliphatic carbocycles. The van der Waals surface area contributed by atoms with E-state index >= 15 is 0 Å². The Morgan fingerprint density at radius 3 is 2.70 bits per heavy atom. The SMILES string of the molecule is Cc1cccc(OCCNC(=O)CCc2ccccc2Cl)c1C. The third-order valence-corrected chi connectivity index (χ3v) is 4.18. The number of carbonyl (C=O) groups excluding carboxylic acids is 1. The number of amides is 1. The second kappa shape index (κ2) is 8.59.